The monoisotopic (exact) mass is 830 g/mol. The van der Waals surface area contributed by atoms with Crippen molar-refractivity contribution in [2.75, 3.05) is 26.9 Å². The number of aryl methyl sites for hydroxylation is 2. The summed E-state index contributed by atoms with van der Waals surface area (Å²) in [5, 5.41) is 11.7. The zero-order chi connectivity index (χ0) is 37.6. The van der Waals surface area contributed by atoms with Crippen LogP contribution < -0.4 is 16.8 Å². The first-order valence-corrected chi connectivity index (χ1v) is 20.1. The lowest BCUT2D eigenvalue weighted by Crippen LogP contribution is -2.35. The molecule has 0 amide bonds. The van der Waals surface area contributed by atoms with Crippen molar-refractivity contribution >= 4 is 22.6 Å². The molecule has 5 N–H and O–H groups in total. The molecule has 4 atom stereocenters. The minimum atomic E-state index is -0.106. The van der Waals surface area contributed by atoms with Gasteiger partial charge in [-0.3, -0.25) is 0 Å². The third kappa shape index (κ3) is 15.9. The minimum absolute atomic E-state index is 0.0372. The van der Waals surface area contributed by atoms with Gasteiger partial charge in [0.25, 0.3) is 0 Å². The van der Waals surface area contributed by atoms with Crippen molar-refractivity contribution in [1.29, 1.82) is 0 Å². The lowest BCUT2D eigenvalue weighted by atomic mass is 9.83. The number of nitrogens with two attached hydrogens (primary N) is 2. The van der Waals surface area contributed by atoms with E-state index in [-0.39, 0.29) is 12.6 Å². The fourth-order valence-electron chi connectivity index (χ4n) is 6.51. The van der Waals surface area contributed by atoms with Gasteiger partial charge in [0.1, 0.15) is 12.3 Å². The van der Waals surface area contributed by atoms with Crippen LogP contribution in [0.1, 0.15) is 106 Å². The van der Waals surface area contributed by atoms with Crippen LogP contribution in [0.4, 0.5) is 0 Å². The maximum absolute atomic E-state index is 5.72. The van der Waals surface area contributed by atoms with Crippen molar-refractivity contribution in [3.05, 3.63) is 74.1 Å². The first-order valence-electron chi connectivity index (χ1n) is 19.0. The second-order valence-electron chi connectivity index (χ2n) is 13.5. The van der Waals surface area contributed by atoms with Crippen molar-refractivity contribution in [2.45, 2.75) is 130 Å². The third-order valence-corrected chi connectivity index (χ3v) is 10.4. The van der Waals surface area contributed by atoms with Crippen LogP contribution in [0.3, 0.4) is 0 Å². The number of benzene rings is 2. The van der Waals surface area contributed by atoms with Crippen LogP contribution in [-0.4, -0.2) is 60.5 Å². The largest absolute Gasteiger partial charge is 0.353 e. The van der Waals surface area contributed by atoms with Crippen molar-refractivity contribution in [3.63, 3.8) is 0 Å². The summed E-state index contributed by atoms with van der Waals surface area (Å²) >= 11 is 2.30. The fourth-order valence-corrected chi connectivity index (χ4v) is 7.16. The number of hydrogen-bond acceptors (Lipinski definition) is 9. The van der Waals surface area contributed by atoms with E-state index in [1.807, 2.05) is 25.3 Å². The molecule has 2 aromatic carbocycles. The summed E-state index contributed by atoms with van der Waals surface area (Å²) in [5.74, 6) is 3.37. The Morgan fingerprint density at radius 2 is 1.50 bits per heavy atom. The SMILES string of the molecule is C#CCOC1CCCCO1.CC[C@H]1CCCC[C@@H]1NC.Cc1cc(-n2cc(COC3CCCCO3)nn2)ccc1CN.Cc1cc(I)ccc1CN. The Hall–Kier alpha value is -2.41. The van der Waals surface area contributed by atoms with E-state index in [9.17, 15) is 0 Å². The Labute approximate surface area is 326 Å². The van der Waals surface area contributed by atoms with Gasteiger partial charge in [0.2, 0.25) is 0 Å². The highest BCUT2D eigenvalue weighted by molar-refractivity contribution is 14.1. The maximum Gasteiger partial charge on any atom is 0.158 e. The van der Waals surface area contributed by atoms with Gasteiger partial charge in [-0.2, -0.15) is 0 Å². The van der Waals surface area contributed by atoms with Crippen LogP contribution in [-0.2, 0) is 38.6 Å². The minimum Gasteiger partial charge on any atom is -0.353 e. The summed E-state index contributed by atoms with van der Waals surface area (Å²) in [6.07, 6.45) is 20.4. The van der Waals surface area contributed by atoms with Crippen LogP contribution >= 0.6 is 22.6 Å². The normalized spacial score (nSPS) is 21.3. The molecule has 2 aliphatic heterocycles. The lowest BCUT2D eigenvalue weighted by Gasteiger charge is -2.30. The molecule has 1 aliphatic carbocycles. The average Bonchev–Trinajstić information content (AvgIpc) is 3.67. The molecule has 0 radical (unpaired) electrons. The van der Waals surface area contributed by atoms with Crippen molar-refractivity contribution < 1.29 is 18.9 Å². The van der Waals surface area contributed by atoms with Crippen molar-refractivity contribution in [1.82, 2.24) is 20.3 Å². The van der Waals surface area contributed by atoms with Crippen molar-refractivity contribution in [2.24, 2.45) is 17.4 Å². The molecular weight excluding hydrogens is 767 g/mol. The second-order valence-corrected chi connectivity index (χ2v) is 14.8. The topological polar surface area (TPSA) is 132 Å². The molecule has 52 heavy (non-hydrogen) atoms. The number of terminal acetylenes is 1. The number of rotatable bonds is 10. The van der Waals surface area contributed by atoms with Gasteiger partial charge in [-0.1, -0.05) is 49.5 Å². The van der Waals surface area contributed by atoms with Gasteiger partial charge in [0.15, 0.2) is 12.6 Å². The highest BCUT2D eigenvalue weighted by Crippen LogP contribution is 2.26. The highest BCUT2D eigenvalue weighted by atomic mass is 127. The molecule has 2 unspecified atom stereocenters. The average molecular weight is 831 g/mol. The molecule has 288 valence electrons. The molecule has 3 aromatic rings. The van der Waals surface area contributed by atoms with Crippen LogP contribution in [0.5, 0.6) is 0 Å². The van der Waals surface area contributed by atoms with E-state index in [1.165, 1.54) is 53.2 Å². The number of nitrogens with one attached hydrogen (secondary N) is 1. The predicted molar refractivity (Wildman–Crippen MR) is 218 cm³/mol. The summed E-state index contributed by atoms with van der Waals surface area (Å²) in [6, 6.07) is 13.2. The Balaban J connectivity index is 0.000000204. The standard InChI is InChI=1S/C16H22N4O2.C9H19N.C8H10IN.C8H12O2/c1-12-8-15(6-5-13(12)9-17)20-10-14(18-19-20)11-22-16-4-2-3-7-21-16;1-3-8-6-4-5-7-9(8)10-2;1-6-4-8(9)3-2-7(6)5-10;1-2-6-9-8-5-3-4-7-10-8/h5-6,8,10,16H,2-4,7,9,11,17H2,1H3;8-10H,3-7H2,1-2H3;2-4H,5,10H2,1H3;1,8H,3-7H2/t;8-,9-;;/m.0../s1. The van der Waals surface area contributed by atoms with Gasteiger partial charge in [-0.05, 0) is 147 Å². The van der Waals surface area contributed by atoms with Gasteiger partial charge >= 0.3 is 0 Å². The number of nitrogens with zero attached hydrogens (tertiary/aromatic N) is 3. The number of halogens is 1. The van der Waals surface area contributed by atoms with Gasteiger partial charge in [0, 0.05) is 35.9 Å². The van der Waals surface area contributed by atoms with Crippen LogP contribution in [0.15, 0.2) is 42.6 Å². The predicted octanol–water partition coefficient (Wildman–Crippen LogP) is 7.47. The smallest absolute Gasteiger partial charge is 0.158 e. The molecule has 1 aromatic heterocycles. The second kappa shape index (κ2) is 25.6. The molecule has 2 saturated heterocycles. The van der Waals surface area contributed by atoms with E-state index in [0.717, 1.165) is 79.8 Å². The molecule has 3 fully saturated rings. The summed E-state index contributed by atoms with van der Waals surface area (Å²) in [7, 11) is 2.10. The summed E-state index contributed by atoms with van der Waals surface area (Å²) in [4.78, 5) is 0. The Bertz CT molecular complexity index is 1440. The Kier molecular flexibility index (Phi) is 21.6. The first kappa shape index (κ1) is 44.0. The zero-order valence-electron chi connectivity index (χ0n) is 32.0. The summed E-state index contributed by atoms with van der Waals surface area (Å²) in [6.45, 7) is 10.0. The van der Waals surface area contributed by atoms with E-state index >= 15 is 0 Å². The molecular formula is C41H63IN6O4. The molecule has 0 spiro atoms. The van der Waals surface area contributed by atoms with Crippen LogP contribution in [0, 0.1) is 35.7 Å². The maximum atomic E-state index is 5.72. The van der Waals surface area contributed by atoms with E-state index < -0.39 is 0 Å². The summed E-state index contributed by atoms with van der Waals surface area (Å²) < 4.78 is 24.7. The molecule has 3 aliphatic rings. The Morgan fingerprint density at radius 3 is 2.04 bits per heavy atom. The molecule has 10 nitrogen and oxygen atoms in total. The van der Waals surface area contributed by atoms with E-state index in [0.29, 0.717) is 26.3 Å². The number of hydrogen-bond donors (Lipinski definition) is 3. The quantitative estimate of drug-likeness (QED) is 0.141. The van der Waals surface area contributed by atoms with E-state index in [4.69, 9.17) is 36.8 Å². The zero-order valence-corrected chi connectivity index (χ0v) is 34.1. The highest BCUT2D eigenvalue weighted by Gasteiger charge is 2.21. The van der Waals surface area contributed by atoms with Gasteiger partial charge < -0.3 is 35.7 Å². The van der Waals surface area contributed by atoms with Gasteiger partial charge in [0.05, 0.1) is 18.5 Å². The van der Waals surface area contributed by atoms with E-state index in [2.05, 4.69) is 89.3 Å². The third-order valence-electron chi connectivity index (χ3n) is 9.73. The van der Waals surface area contributed by atoms with Crippen molar-refractivity contribution in [3.8, 4) is 18.0 Å². The van der Waals surface area contributed by atoms with Gasteiger partial charge in [-0.25, -0.2) is 4.68 Å². The first-order chi connectivity index (χ1) is 25.3. The molecule has 6 rings (SSSR count). The fraction of sp³-hybridized carbons (Fsp3) is 0.610. The molecule has 3 heterocycles. The van der Waals surface area contributed by atoms with Crippen LogP contribution in [0.2, 0.25) is 0 Å². The van der Waals surface area contributed by atoms with E-state index in [1.54, 1.807) is 4.68 Å². The Morgan fingerprint density at radius 1 is 0.885 bits per heavy atom. The molecule has 0 bridgehead atoms. The molecule has 1 saturated carbocycles. The lowest BCUT2D eigenvalue weighted by molar-refractivity contribution is -0.169. The van der Waals surface area contributed by atoms with Crippen LogP contribution in [0.25, 0.3) is 5.69 Å². The molecule has 11 heteroatoms. The van der Waals surface area contributed by atoms with Gasteiger partial charge in [-0.15, -0.1) is 11.5 Å². The summed E-state index contributed by atoms with van der Waals surface area (Å²) in [5.41, 5.74) is 17.8. The number of aromatic nitrogens is 3. The number of ether oxygens (including phenoxy) is 4.